The SMILES string of the molecule is CN(C)[C@@H]1CCN(Cc2ccc(-c3cncc(B4OC(C)(C)C(C)(C)O4)c3)cc2)C1. The minimum Gasteiger partial charge on any atom is -0.399 e. The Morgan fingerprint density at radius 1 is 1.03 bits per heavy atom. The average Bonchev–Trinajstić information content (AvgIpc) is 3.24. The fourth-order valence-electron chi connectivity index (χ4n) is 4.16. The molecule has 2 aromatic rings. The van der Waals surface area contributed by atoms with Crippen molar-refractivity contribution < 1.29 is 9.31 Å². The van der Waals surface area contributed by atoms with E-state index in [2.05, 4.69) is 86.9 Å². The van der Waals surface area contributed by atoms with E-state index < -0.39 is 0 Å². The first-order valence-electron chi connectivity index (χ1n) is 10.9. The molecular weight excluding hydrogens is 373 g/mol. The number of hydrogen-bond donors (Lipinski definition) is 0. The molecule has 0 aliphatic carbocycles. The highest BCUT2D eigenvalue weighted by atomic mass is 16.7. The third-order valence-electron chi connectivity index (χ3n) is 6.96. The molecule has 6 heteroatoms. The Bertz CT molecular complexity index is 866. The zero-order valence-corrected chi connectivity index (χ0v) is 19.2. The molecule has 0 saturated carbocycles. The maximum Gasteiger partial charge on any atom is 0.496 e. The van der Waals surface area contributed by atoms with Gasteiger partial charge in [-0.2, -0.15) is 0 Å². The first kappa shape index (κ1) is 21.5. The molecule has 4 rings (SSSR count). The van der Waals surface area contributed by atoms with Crippen LogP contribution in [0.15, 0.2) is 42.7 Å². The molecule has 1 aromatic carbocycles. The van der Waals surface area contributed by atoms with Crippen molar-refractivity contribution in [3.05, 3.63) is 48.3 Å². The molecular formula is C24H34BN3O2. The number of rotatable bonds is 5. The van der Waals surface area contributed by atoms with E-state index >= 15 is 0 Å². The number of hydrogen-bond acceptors (Lipinski definition) is 5. The highest BCUT2D eigenvalue weighted by Gasteiger charge is 2.51. The van der Waals surface area contributed by atoms with Crippen LogP contribution in [-0.4, -0.2) is 66.3 Å². The predicted molar refractivity (Wildman–Crippen MR) is 123 cm³/mol. The van der Waals surface area contributed by atoms with Crippen molar-refractivity contribution in [1.29, 1.82) is 0 Å². The summed E-state index contributed by atoms with van der Waals surface area (Å²) in [5.74, 6) is 0. The number of benzene rings is 1. The molecule has 2 saturated heterocycles. The molecule has 2 aliphatic heterocycles. The third-order valence-corrected chi connectivity index (χ3v) is 6.96. The summed E-state index contributed by atoms with van der Waals surface area (Å²) in [7, 11) is 3.96. The Morgan fingerprint density at radius 2 is 1.70 bits per heavy atom. The summed E-state index contributed by atoms with van der Waals surface area (Å²) >= 11 is 0. The van der Waals surface area contributed by atoms with E-state index in [0.29, 0.717) is 6.04 Å². The molecule has 0 radical (unpaired) electrons. The van der Waals surface area contributed by atoms with Gasteiger partial charge in [-0.3, -0.25) is 9.88 Å². The van der Waals surface area contributed by atoms with Gasteiger partial charge in [-0.1, -0.05) is 30.3 Å². The van der Waals surface area contributed by atoms with E-state index in [0.717, 1.165) is 29.7 Å². The van der Waals surface area contributed by atoms with Crippen LogP contribution >= 0.6 is 0 Å². The summed E-state index contributed by atoms with van der Waals surface area (Å²) in [4.78, 5) is 9.34. The molecule has 2 aliphatic rings. The van der Waals surface area contributed by atoms with Crippen molar-refractivity contribution in [3.8, 4) is 11.1 Å². The Labute approximate surface area is 181 Å². The van der Waals surface area contributed by atoms with Gasteiger partial charge in [0.15, 0.2) is 0 Å². The first-order valence-corrected chi connectivity index (χ1v) is 10.9. The Morgan fingerprint density at radius 3 is 2.30 bits per heavy atom. The molecule has 2 fully saturated rings. The van der Waals surface area contributed by atoms with E-state index in [1.807, 2.05) is 12.4 Å². The highest BCUT2D eigenvalue weighted by Crippen LogP contribution is 2.36. The Kier molecular flexibility index (Phi) is 5.79. The van der Waals surface area contributed by atoms with Gasteiger partial charge in [0.25, 0.3) is 0 Å². The number of likely N-dealkylation sites (tertiary alicyclic amines) is 1. The standard InChI is InChI=1S/C24H34BN3O2/c1-23(2)24(3,4)30-25(29-23)21-13-20(14-26-15-21)19-9-7-18(8-10-19)16-28-12-11-22(17-28)27(5)6/h7-10,13-15,22H,11-12,16-17H2,1-6H3/t22-/m1/s1. The fraction of sp³-hybridized carbons (Fsp3) is 0.542. The topological polar surface area (TPSA) is 37.8 Å². The first-order chi connectivity index (χ1) is 14.1. The monoisotopic (exact) mass is 407 g/mol. The van der Waals surface area contributed by atoms with Gasteiger partial charge < -0.3 is 14.2 Å². The lowest BCUT2D eigenvalue weighted by Crippen LogP contribution is -2.41. The fourth-order valence-corrected chi connectivity index (χ4v) is 4.16. The summed E-state index contributed by atoms with van der Waals surface area (Å²) in [5, 5.41) is 0. The zero-order valence-electron chi connectivity index (χ0n) is 19.2. The largest absolute Gasteiger partial charge is 0.496 e. The number of aromatic nitrogens is 1. The third kappa shape index (κ3) is 4.33. The number of pyridine rings is 1. The molecule has 5 nitrogen and oxygen atoms in total. The van der Waals surface area contributed by atoms with Crippen LogP contribution in [0.3, 0.4) is 0 Å². The summed E-state index contributed by atoms with van der Waals surface area (Å²) < 4.78 is 12.4. The predicted octanol–water partition coefficient (Wildman–Crippen LogP) is 3.18. The maximum absolute atomic E-state index is 6.19. The molecule has 1 atom stereocenters. The Balaban J connectivity index is 1.45. The molecule has 0 N–H and O–H groups in total. The molecule has 0 amide bonds. The van der Waals surface area contributed by atoms with Gasteiger partial charge in [-0.15, -0.1) is 0 Å². The van der Waals surface area contributed by atoms with Crippen LogP contribution in [0.1, 0.15) is 39.7 Å². The number of likely N-dealkylation sites (N-methyl/N-ethyl adjacent to an activating group) is 1. The van der Waals surface area contributed by atoms with Gasteiger partial charge in [-0.05, 0) is 64.9 Å². The minimum atomic E-state index is -0.387. The van der Waals surface area contributed by atoms with Crippen molar-refractivity contribution in [1.82, 2.24) is 14.8 Å². The van der Waals surface area contributed by atoms with Crippen LogP contribution in [0, 0.1) is 0 Å². The molecule has 1 aromatic heterocycles. The van der Waals surface area contributed by atoms with Crippen LogP contribution in [0.25, 0.3) is 11.1 Å². The molecule has 0 unspecified atom stereocenters. The van der Waals surface area contributed by atoms with Gasteiger partial charge in [0, 0.05) is 43.5 Å². The van der Waals surface area contributed by atoms with Gasteiger partial charge in [0.05, 0.1) is 11.2 Å². The highest BCUT2D eigenvalue weighted by molar-refractivity contribution is 6.62. The van der Waals surface area contributed by atoms with Crippen LogP contribution in [-0.2, 0) is 15.9 Å². The molecule has 30 heavy (non-hydrogen) atoms. The minimum absolute atomic E-state index is 0.351. The van der Waals surface area contributed by atoms with Gasteiger partial charge >= 0.3 is 7.12 Å². The normalized spacial score (nSPS) is 23.4. The van der Waals surface area contributed by atoms with Crippen molar-refractivity contribution in [2.45, 2.75) is 57.9 Å². The lowest BCUT2D eigenvalue weighted by Gasteiger charge is -2.32. The quantitative estimate of drug-likeness (QED) is 0.712. The van der Waals surface area contributed by atoms with E-state index in [1.165, 1.54) is 18.5 Å². The molecule has 3 heterocycles. The Hall–Kier alpha value is -1.73. The lowest BCUT2D eigenvalue weighted by molar-refractivity contribution is 0.00578. The van der Waals surface area contributed by atoms with Gasteiger partial charge in [-0.25, -0.2) is 0 Å². The summed E-state index contributed by atoms with van der Waals surface area (Å²) in [6.45, 7) is 11.6. The van der Waals surface area contributed by atoms with Gasteiger partial charge in [0.1, 0.15) is 0 Å². The summed E-state index contributed by atoms with van der Waals surface area (Å²) in [6, 6.07) is 11.7. The second kappa shape index (κ2) is 8.08. The maximum atomic E-state index is 6.19. The van der Waals surface area contributed by atoms with E-state index in [4.69, 9.17) is 9.31 Å². The van der Waals surface area contributed by atoms with Crippen molar-refractivity contribution in [3.63, 3.8) is 0 Å². The van der Waals surface area contributed by atoms with E-state index in [-0.39, 0.29) is 18.3 Å². The lowest BCUT2D eigenvalue weighted by atomic mass is 9.79. The van der Waals surface area contributed by atoms with Crippen LogP contribution in [0.5, 0.6) is 0 Å². The second-order valence-corrected chi connectivity index (χ2v) is 9.93. The molecule has 0 spiro atoms. The van der Waals surface area contributed by atoms with Crippen molar-refractivity contribution in [2.24, 2.45) is 0 Å². The molecule has 160 valence electrons. The van der Waals surface area contributed by atoms with Gasteiger partial charge in [0.2, 0.25) is 0 Å². The average molecular weight is 407 g/mol. The van der Waals surface area contributed by atoms with Crippen molar-refractivity contribution in [2.75, 3.05) is 27.2 Å². The summed E-state index contributed by atoms with van der Waals surface area (Å²) in [5.41, 5.74) is 3.86. The van der Waals surface area contributed by atoms with Crippen LogP contribution < -0.4 is 5.46 Å². The van der Waals surface area contributed by atoms with Crippen LogP contribution in [0.2, 0.25) is 0 Å². The van der Waals surface area contributed by atoms with E-state index in [9.17, 15) is 0 Å². The van der Waals surface area contributed by atoms with E-state index in [1.54, 1.807) is 0 Å². The summed E-state index contributed by atoms with van der Waals surface area (Å²) in [6.07, 6.45) is 5.00. The van der Waals surface area contributed by atoms with Crippen LogP contribution in [0.4, 0.5) is 0 Å². The number of nitrogens with zero attached hydrogens (tertiary/aromatic N) is 3. The second-order valence-electron chi connectivity index (χ2n) is 9.93. The molecule has 0 bridgehead atoms. The smallest absolute Gasteiger partial charge is 0.399 e. The zero-order chi connectivity index (χ0) is 21.5. The van der Waals surface area contributed by atoms with Crippen molar-refractivity contribution >= 4 is 12.6 Å².